The lowest BCUT2D eigenvalue weighted by atomic mass is 10.2. The van der Waals surface area contributed by atoms with Gasteiger partial charge in [-0.3, -0.25) is 0 Å². The zero-order valence-electron chi connectivity index (χ0n) is 12.9. The normalized spacial score (nSPS) is 19.0. The second-order valence-electron chi connectivity index (χ2n) is 5.27. The fourth-order valence-electron chi connectivity index (χ4n) is 2.66. The summed E-state index contributed by atoms with van der Waals surface area (Å²) >= 11 is 5.89. The highest BCUT2D eigenvalue weighted by molar-refractivity contribution is 7.89. The highest BCUT2D eigenvalue weighted by atomic mass is 35.5. The number of rotatable bonds is 3. The maximum atomic E-state index is 13.1. The van der Waals surface area contributed by atoms with Crippen LogP contribution in [0.3, 0.4) is 0 Å². The highest BCUT2D eigenvalue weighted by Crippen LogP contribution is 2.30. The van der Waals surface area contributed by atoms with Gasteiger partial charge >= 0.3 is 0 Å². The molecule has 1 unspecified atom stereocenters. The van der Waals surface area contributed by atoms with Crippen LogP contribution in [0.5, 0.6) is 0 Å². The van der Waals surface area contributed by atoms with Crippen LogP contribution in [-0.2, 0) is 17.1 Å². The van der Waals surface area contributed by atoms with Crippen LogP contribution in [0.4, 0.5) is 5.82 Å². The molecule has 0 amide bonds. The Morgan fingerprint density at radius 2 is 2.17 bits per heavy atom. The maximum Gasteiger partial charge on any atom is 0.247 e. The summed E-state index contributed by atoms with van der Waals surface area (Å²) in [6, 6.07) is 0.906. The molecular weight excluding hydrogens is 375 g/mol. The first-order valence-electron chi connectivity index (χ1n) is 7.02. The van der Waals surface area contributed by atoms with Crippen molar-refractivity contribution < 1.29 is 8.42 Å². The number of nitrogens with two attached hydrogens (primary N) is 1. The average Bonchev–Trinajstić information content (AvgIpc) is 2.95. The molecule has 24 heavy (non-hydrogen) atoms. The largest absolute Gasteiger partial charge is 0.383 e. The molecule has 1 aliphatic heterocycles. The molecular formula is C13H18Cl2N6O2S. The van der Waals surface area contributed by atoms with Crippen LogP contribution in [-0.4, -0.2) is 46.9 Å². The first-order valence-corrected chi connectivity index (χ1v) is 8.84. The molecule has 8 nitrogen and oxygen atoms in total. The van der Waals surface area contributed by atoms with Crippen LogP contribution in [0.15, 0.2) is 29.6 Å². The van der Waals surface area contributed by atoms with Gasteiger partial charge in [-0.05, 0) is 6.07 Å². The van der Waals surface area contributed by atoms with Crippen LogP contribution in [0, 0.1) is 0 Å². The Morgan fingerprint density at radius 1 is 1.42 bits per heavy atom. The molecule has 11 heteroatoms. The Balaban J connectivity index is 0.00000208. The van der Waals surface area contributed by atoms with E-state index < -0.39 is 16.1 Å². The number of anilines is 1. The Labute approximate surface area is 151 Å². The van der Waals surface area contributed by atoms with Gasteiger partial charge in [0.1, 0.15) is 16.5 Å². The number of imidazole rings is 1. The van der Waals surface area contributed by atoms with Crippen LogP contribution in [0.1, 0.15) is 11.9 Å². The van der Waals surface area contributed by atoms with Crippen molar-refractivity contribution in [1.82, 2.24) is 24.2 Å². The number of aryl methyl sites for hydroxylation is 1. The van der Waals surface area contributed by atoms with Gasteiger partial charge in [-0.25, -0.2) is 18.4 Å². The van der Waals surface area contributed by atoms with Crippen LogP contribution < -0.4 is 11.1 Å². The number of aromatic nitrogens is 3. The number of nitrogens with zero attached hydrogens (tertiary/aromatic N) is 4. The summed E-state index contributed by atoms with van der Waals surface area (Å²) in [5.74, 6) is 0.598. The lowest BCUT2D eigenvalue weighted by Crippen LogP contribution is -2.49. The van der Waals surface area contributed by atoms with Gasteiger partial charge in [-0.15, -0.1) is 12.4 Å². The van der Waals surface area contributed by atoms with Crippen molar-refractivity contribution in [3.63, 3.8) is 0 Å². The predicted octanol–water partition coefficient (Wildman–Crippen LogP) is 0.808. The predicted molar refractivity (Wildman–Crippen MR) is 93.6 cm³/mol. The number of piperazine rings is 1. The maximum absolute atomic E-state index is 13.1. The minimum atomic E-state index is -3.84. The molecule has 0 spiro atoms. The molecule has 1 saturated heterocycles. The fourth-order valence-corrected chi connectivity index (χ4v) is 4.56. The molecule has 1 atom stereocenters. The molecule has 2 aromatic rings. The number of nitrogen functional groups attached to an aromatic ring is 1. The lowest BCUT2D eigenvalue weighted by Gasteiger charge is -2.34. The van der Waals surface area contributed by atoms with Gasteiger partial charge in [-0.2, -0.15) is 4.31 Å². The van der Waals surface area contributed by atoms with E-state index in [-0.39, 0.29) is 28.1 Å². The molecule has 2 aromatic heterocycles. The van der Waals surface area contributed by atoms with Gasteiger partial charge in [0.15, 0.2) is 0 Å². The smallest absolute Gasteiger partial charge is 0.247 e. The monoisotopic (exact) mass is 392 g/mol. The second-order valence-corrected chi connectivity index (χ2v) is 7.56. The summed E-state index contributed by atoms with van der Waals surface area (Å²) in [5, 5.41) is 3.42. The minimum absolute atomic E-state index is 0. The van der Waals surface area contributed by atoms with Gasteiger partial charge in [0.25, 0.3) is 0 Å². The Kier molecular flexibility index (Phi) is 5.71. The van der Waals surface area contributed by atoms with E-state index in [9.17, 15) is 8.42 Å². The molecule has 0 aliphatic carbocycles. The van der Waals surface area contributed by atoms with Crippen LogP contribution >= 0.6 is 24.0 Å². The molecule has 3 heterocycles. The van der Waals surface area contributed by atoms with E-state index in [0.717, 1.165) is 0 Å². The standard InChI is InChI=1S/C13H17ClN6O2S.ClH/c1-19-4-3-17-13(19)10-8-16-2-5-20(10)23(21,22)11-6-9(14)7-18-12(11)15;/h3-4,6-7,10,16H,2,5,8H2,1H3,(H2,15,18);1H. The van der Waals surface area contributed by atoms with Gasteiger partial charge in [0.2, 0.25) is 10.0 Å². The van der Waals surface area contributed by atoms with E-state index in [1.807, 2.05) is 7.05 Å². The fraction of sp³-hybridized carbons (Fsp3) is 0.385. The van der Waals surface area contributed by atoms with Gasteiger partial charge < -0.3 is 15.6 Å². The minimum Gasteiger partial charge on any atom is -0.383 e. The summed E-state index contributed by atoms with van der Waals surface area (Å²) in [6.07, 6.45) is 4.75. The summed E-state index contributed by atoms with van der Waals surface area (Å²) in [5.41, 5.74) is 5.76. The zero-order valence-corrected chi connectivity index (χ0v) is 15.3. The third-order valence-corrected chi connectivity index (χ3v) is 5.93. The molecule has 0 saturated carbocycles. The molecule has 1 fully saturated rings. The molecule has 0 aromatic carbocycles. The van der Waals surface area contributed by atoms with Gasteiger partial charge in [0.05, 0.1) is 11.1 Å². The first kappa shape index (κ1) is 18.9. The first-order chi connectivity index (χ1) is 10.9. The van der Waals surface area contributed by atoms with Crippen molar-refractivity contribution in [3.8, 4) is 0 Å². The van der Waals surface area contributed by atoms with Crippen molar-refractivity contribution in [2.24, 2.45) is 7.05 Å². The van der Waals surface area contributed by atoms with E-state index in [1.165, 1.54) is 16.6 Å². The van der Waals surface area contributed by atoms with Crippen molar-refractivity contribution in [2.75, 3.05) is 25.4 Å². The summed E-state index contributed by atoms with van der Waals surface area (Å²) < 4.78 is 29.3. The molecule has 3 N–H and O–H groups in total. The molecule has 1 aliphatic rings. The third-order valence-electron chi connectivity index (χ3n) is 3.79. The van der Waals surface area contributed by atoms with E-state index in [1.54, 1.807) is 17.0 Å². The SMILES string of the molecule is Cl.Cn1ccnc1C1CNCCN1S(=O)(=O)c1cc(Cl)cnc1N. The summed E-state index contributed by atoms with van der Waals surface area (Å²) in [6.45, 7) is 1.33. The Hall–Kier alpha value is -1.39. The molecule has 132 valence electrons. The van der Waals surface area contributed by atoms with Crippen molar-refractivity contribution in [2.45, 2.75) is 10.9 Å². The highest BCUT2D eigenvalue weighted by Gasteiger charge is 2.37. The number of nitrogens with one attached hydrogen (secondary N) is 1. The molecule has 3 rings (SSSR count). The van der Waals surface area contributed by atoms with E-state index in [0.29, 0.717) is 25.5 Å². The van der Waals surface area contributed by atoms with Crippen molar-refractivity contribution >= 4 is 39.8 Å². The number of hydrogen-bond acceptors (Lipinski definition) is 6. The quantitative estimate of drug-likeness (QED) is 0.800. The van der Waals surface area contributed by atoms with Crippen molar-refractivity contribution in [1.29, 1.82) is 0 Å². The van der Waals surface area contributed by atoms with Crippen molar-refractivity contribution in [3.05, 3.63) is 35.5 Å². The number of hydrogen-bond donors (Lipinski definition) is 2. The number of halogens is 2. The average molecular weight is 393 g/mol. The molecule has 0 radical (unpaired) electrons. The number of pyridine rings is 1. The van der Waals surface area contributed by atoms with Gasteiger partial charge in [0, 0.05) is 45.3 Å². The van der Waals surface area contributed by atoms with Crippen LogP contribution in [0.2, 0.25) is 5.02 Å². The summed E-state index contributed by atoms with van der Waals surface area (Å²) in [7, 11) is -2.01. The third kappa shape index (κ3) is 3.35. The van der Waals surface area contributed by atoms with E-state index in [4.69, 9.17) is 17.3 Å². The zero-order chi connectivity index (χ0) is 16.6. The Morgan fingerprint density at radius 3 is 2.83 bits per heavy atom. The number of sulfonamides is 1. The van der Waals surface area contributed by atoms with E-state index >= 15 is 0 Å². The Bertz CT molecular complexity index is 826. The lowest BCUT2D eigenvalue weighted by molar-refractivity contribution is 0.258. The van der Waals surface area contributed by atoms with E-state index in [2.05, 4.69) is 15.3 Å². The van der Waals surface area contributed by atoms with Gasteiger partial charge in [-0.1, -0.05) is 11.6 Å². The summed E-state index contributed by atoms with van der Waals surface area (Å²) in [4.78, 5) is 8.05. The van der Waals surface area contributed by atoms with Crippen LogP contribution in [0.25, 0.3) is 0 Å². The second kappa shape index (κ2) is 7.24. The molecule has 0 bridgehead atoms. The topological polar surface area (TPSA) is 106 Å².